The molecule has 22 heavy (non-hydrogen) atoms. The van der Waals surface area contributed by atoms with Gasteiger partial charge in [-0.2, -0.15) is 0 Å². The Morgan fingerprint density at radius 2 is 1.82 bits per heavy atom. The summed E-state index contributed by atoms with van der Waals surface area (Å²) in [5.74, 6) is 0. The number of nitro groups is 1. The maximum absolute atomic E-state index is 12.6. The van der Waals surface area contributed by atoms with E-state index in [1.807, 2.05) is 0 Å². The molecule has 2 aromatic carbocycles. The van der Waals surface area contributed by atoms with Gasteiger partial charge in [0.25, 0.3) is 15.7 Å². The first-order chi connectivity index (χ1) is 10.4. The second-order valence-electron chi connectivity index (χ2n) is 4.43. The molecule has 9 heteroatoms. The molecular formula is C13H8BrN3O4S. The summed E-state index contributed by atoms with van der Waals surface area (Å²) in [4.78, 5) is 14.1. The van der Waals surface area contributed by atoms with Crippen LogP contribution in [0.4, 0.5) is 5.69 Å². The van der Waals surface area contributed by atoms with E-state index in [1.165, 1.54) is 18.5 Å². The van der Waals surface area contributed by atoms with Crippen molar-refractivity contribution in [1.82, 2.24) is 8.96 Å². The van der Waals surface area contributed by atoms with Crippen LogP contribution < -0.4 is 0 Å². The molecule has 0 aliphatic heterocycles. The minimum Gasteiger partial charge on any atom is -0.258 e. The molecule has 0 bridgehead atoms. The third-order valence-corrected chi connectivity index (χ3v) is 5.25. The molecule has 3 rings (SSSR count). The van der Waals surface area contributed by atoms with Crippen LogP contribution in [0.25, 0.3) is 11.0 Å². The smallest absolute Gasteiger partial charge is 0.258 e. The average molecular weight is 382 g/mol. The highest BCUT2D eigenvalue weighted by Crippen LogP contribution is 2.24. The summed E-state index contributed by atoms with van der Waals surface area (Å²) in [5.41, 5.74) is 0.790. The van der Waals surface area contributed by atoms with Crippen LogP contribution in [0.15, 0.2) is 58.2 Å². The van der Waals surface area contributed by atoms with Gasteiger partial charge in [-0.05, 0) is 30.3 Å². The Bertz CT molecular complexity index is 980. The third-order valence-electron chi connectivity index (χ3n) is 3.08. The van der Waals surface area contributed by atoms with Crippen LogP contribution in [0.5, 0.6) is 0 Å². The van der Waals surface area contributed by atoms with Crippen LogP contribution in [-0.2, 0) is 10.0 Å². The van der Waals surface area contributed by atoms with Gasteiger partial charge in [-0.15, -0.1) is 0 Å². The van der Waals surface area contributed by atoms with Crippen LogP contribution in [-0.4, -0.2) is 22.3 Å². The Labute approximate surface area is 133 Å². The van der Waals surface area contributed by atoms with Gasteiger partial charge in [0.2, 0.25) is 0 Å². The topological polar surface area (TPSA) is 95.1 Å². The summed E-state index contributed by atoms with van der Waals surface area (Å²) < 4.78 is 27.1. The fourth-order valence-electron chi connectivity index (χ4n) is 2.00. The predicted molar refractivity (Wildman–Crippen MR) is 83.1 cm³/mol. The number of hydrogen-bond acceptors (Lipinski definition) is 5. The van der Waals surface area contributed by atoms with E-state index in [-0.39, 0.29) is 10.6 Å². The van der Waals surface area contributed by atoms with E-state index in [1.54, 1.807) is 18.2 Å². The second-order valence-corrected chi connectivity index (χ2v) is 7.16. The third kappa shape index (κ3) is 2.38. The van der Waals surface area contributed by atoms with Crippen LogP contribution in [0.1, 0.15) is 0 Å². The molecule has 3 aromatic rings. The van der Waals surface area contributed by atoms with E-state index in [4.69, 9.17) is 0 Å². The molecule has 0 aliphatic rings. The first-order valence-electron chi connectivity index (χ1n) is 6.02. The molecule has 0 saturated carbocycles. The van der Waals surface area contributed by atoms with Crippen molar-refractivity contribution < 1.29 is 13.3 Å². The summed E-state index contributed by atoms with van der Waals surface area (Å²) in [6.45, 7) is 0. The van der Waals surface area contributed by atoms with Crippen molar-refractivity contribution in [3.8, 4) is 0 Å². The van der Waals surface area contributed by atoms with Gasteiger partial charge in [0, 0.05) is 16.6 Å². The normalized spacial score (nSPS) is 11.7. The van der Waals surface area contributed by atoms with E-state index in [0.29, 0.717) is 11.0 Å². The highest BCUT2D eigenvalue weighted by Gasteiger charge is 2.20. The predicted octanol–water partition coefficient (Wildman–Crippen LogP) is 2.94. The minimum atomic E-state index is -3.87. The van der Waals surface area contributed by atoms with Crippen molar-refractivity contribution in [2.24, 2.45) is 0 Å². The number of nitro benzene ring substituents is 1. The number of fused-ring (bicyclic) bond motifs is 1. The number of rotatable bonds is 3. The number of benzene rings is 2. The summed E-state index contributed by atoms with van der Waals surface area (Å²) in [6, 6.07) is 9.82. The maximum atomic E-state index is 12.6. The highest BCUT2D eigenvalue weighted by atomic mass is 79.9. The number of nitrogens with zero attached hydrogens (tertiary/aromatic N) is 3. The molecular weight excluding hydrogens is 374 g/mol. The molecule has 112 valence electrons. The lowest BCUT2D eigenvalue weighted by molar-refractivity contribution is -0.384. The number of imidazole rings is 1. The van der Waals surface area contributed by atoms with Crippen molar-refractivity contribution in [1.29, 1.82) is 0 Å². The summed E-state index contributed by atoms with van der Waals surface area (Å²) >= 11 is 3.29. The van der Waals surface area contributed by atoms with Gasteiger partial charge in [-0.25, -0.2) is 17.4 Å². The first-order valence-corrected chi connectivity index (χ1v) is 8.25. The number of halogens is 1. The quantitative estimate of drug-likeness (QED) is 0.513. The molecule has 0 aliphatic carbocycles. The Morgan fingerprint density at radius 1 is 1.14 bits per heavy atom. The van der Waals surface area contributed by atoms with Gasteiger partial charge >= 0.3 is 0 Å². The zero-order valence-corrected chi connectivity index (χ0v) is 13.3. The van der Waals surface area contributed by atoms with E-state index < -0.39 is 14.9 Å². The summed E-state index contributed by atoms with van der Waals surface area (Å²) in [6.07, 6.45) is 1.22. The van der Waals surface area contributed by atoms with Crippen LogP contribution >= 0.6 is 15.9 Å². The van der Waals surface area contributed by atoms with Crippen molar-refractivity contribution in [2.75, 3.05) is 0 Å². The van der Waals surface area contributed by atoms with Gasteiger partial charge < -0.3 is 0 Å². The monoisotopic (exact) mass is 381 g/mol. The fourth-order valence-corrected chi connectivity index (χ4v) is 3.64. The van der Waals surface area contributed by atoms with E-state index in [9.17, 15) is 18.5 Å². The zero-order valence-electron chi connectivity index (χ0n) is 10.9. The Kier molecular flexibility index (Phi) is 3.45. The standard InChI is InChI=1S/C13H8BrN3O4S/c14-9-1-6-12-13(7-9)16(8-15-12)22(20,21)11-4-2-10(3-5-11)17(18)19/h1-8H. The highest BCUT2D eigenvalue weighted by molar-refractivity contribution is 9.10. The maximum Gasteiger partial charge on any atom is 0.269 e. The number of hydrogen-bond donors (Lipinski definition) is 0. The lowest BCUT2D eigenvalue weighted by atomic mass is 10.3. The molecule has 0 saturated heterocycles. The van der Waals surface area contributed by atoms with Gasteiger partial charge in [0.15, 0.2) is 0 Å². The Balaban J connectivity index is 2.15. The number of aromatic nitrogens is 2. The molecule has 0 N–H and O–H groups in total. The molecule has 7 nitrogen and oxygen atoms in total. The zero-order chi connectivity index (χ0) is 15.9. The van der Waals surface area contributed by atoms with E-state index in [2.05, 4.69) is 20.9 Å². The fraction of sp³-hybridized carbons (Fsp3) is 0. The Hall–Kier alpha value is -2.26. The second kappa shape index (κ2) is 5.18. The molecule has 0 unspecified atom stereocenters. The van der Waals surface area contributed by atoms with Crippen molar-refractivity contribution in [2.45, 2.75) is 4.90 Å². The largest absolute Gasteiger partial charge is 0.269 e. The van der Waals surface area contributed by atoms with Gasteiger partial charge in [0.05, 0.1) is 20.9 Å². The molecule has 0 spiro atoms. The summed E-state index contributed by atoms with van der Waals surface area (Å²) in [5, 5.41) is 10.6. The van der Waals surface area contributed by atoms with Crippen molar-refractivity contribution in [3.05, 3.63) is 63.4 Å². The number of non-ortho nitro benzene ring substituents is 1. The Morgan fingerprint density at radius 3 is 2.45 bits per heavy atom. The molecule has 0 radical (unpaired) electrons. The molecule has 0 amide bonds. The summed E-state index contributed by atoms with van der Waals surface area (Å²) in [7, 11) is -3.87. The lowest BCUT2D eigenvalue weighted by Crippen LogP contribution is -2.11. The minimum absolute atomic E-state index is 0.0441. The van der Waals surface area contributed by atoms with Crippen LogP contribution in [0.3, 0.4) is 0 Å². The van der Waals surface area contributed by atoms with Crippen LogP contribution in [0.2, 0.25) is 0 Å². The SMILES string of the molecule is O=[N+]([O-])c1ccc(S(=O)(=O)n2cnc3ccc(Br)cc32)cc1. The molecule has 1 aromatic heterocycles. The van der Waals surface area contributed by atoms with Crippen LogP contribution in [0, 0.1) is 10.1 Å². The lowest BCUT2D eigenvalue weighted by Gasteiger charge is -2.06. The van der Waals surface area contributed by atoms with Gasteiger partial charge in [-0.1, -0.05) is 15.9 Å². The van der Waals surface area contributed by atoms with Gasteiger partial charge in [0.1, 0.15) is 6.33 Å². The van der Waals surface area contributed by atoms with Gasteiger partial charge in [-0.3, -0.25) is 10.1 Å². The van der Waals surface area contributed by atoms with Crippen molar-refractivity contribution in [3.63, 3.8) is 0 Å². The average Bonchev–Trinajstić information content (AvgIpc) is 2.91. The van der Waals surface area contributed by atoms with E-state index in [0.717, 1.165) is 20.6 Å². The molecule has 1 heterocycles. The first kappa shape index (κ1) is 14.7. The van der Waals surface area contributed by atoms with Crippen molar-refractivity contribution >= 4 is 42.7 Å². The molecule has 0 fully saturated rings. The molecule has 0 atom stereocenters. The van der Waals surface area contributed by atoms with E-state index >= 15 is 0 Å².